The van der Waals surface area contributed by atoms with Crippen molar-refractivity contribution in [2.75, 3.05) is 6.61 Å². The number of rotatable bonds is 2. The van der Waals surface area contributed by atoms with Crippen LogP contribution in [0.1, 0.15) is 1.37 Å². The van der Waals surface area contributed by atoms with Crippen LogP contribution in [0, 0.1) is 0 Å². The van der Waals surface area contributed by atoms with Crippen molar-refractivity contribution in [1.29, 1.82) is 0 Å². The highest BCUT2D eigenvalue weighted by molar-refractivity contribution is 5.89. The van der Waals surface area contributed by atoms with Gasteiger partial charge >= 0.3 is 0 Å². The van der Waals surface area contributed by atoms with Gasteiger partial charge in [0.1, 0.15) is 6.61 Å². The zero-order valence-electron chi connectivity index (χ0n) is 4.27. The molecule has 0 saturated heterocycles. The van der Waals surface area contributed by atoms with E-state index in [-0.39, 0.29) is 6.05 Å². The molecule has 0 unspecified atom stereocenters. The fraction of sp³-hybridized carbons (Fsp3) is 0.250. The normalized spacial score (nSPS) is 9.83. The average molecular weight is 88.1 g/mol. The minimum Gasteiger partial charge on any atom is -0.388 e. The molecular formula is C4H6O2. The van der Waals surface area contributed by atoms with E-state index in [1.807, 2.05) is 0 Å². The van der Waals surface area contributed by atoms with Crippen LogP contribution in [0.5, 0.6) is 0 Å². The van der Waals surface area contributed by atoms with Crippen LogP contribution in [0.4, 0.5) is 0 Å². The molecule has 0 atom stereocenters. The molecule has 0 heterocycles. The molecule has 2 nitrogen and oxygen atoms in total. The Morgan fingerprint density at radius 2 is 2.83 bits per heavy atom. The summed E-state index contributed by atoms with van der Waals surface area (Å²) in [5.41, 5.74) is 0. The van der Waals surface area contributed by atoms with Gasteiger partial charge in [-0.1, -0.05) is 6.58 Å². The summed E-state index contributed by atoms with van der Waals surface area (Å²) in [6, 6.07) is -0.345. The summed E-state index contributed by atoms with van der Waals surface area (Å²) in [5, 5.41) is 7.97. The monoisotopic (exact) mass is 88.0 g/mol. The van der Waals surface area contributed by atoms with Crippen LogP contribution >= 0.6 is 0 Å². The Balaban J connectivity index is 3.58. The van der Waals surface area contributed by atoms with Crippen LogP contribution in [-0.2, 0) is 4.79 Å². The van der Waals surface area contributed by atoms with Crippen LogP contribution in [0.15, 0.2) is 12.6 Å². The maximum atomic E-state index is 9.97. The van der Waals surface area contributed by atoms with Crippen molar-refractivity contribution in [3.8, 4) is 0 Å². The highest BCUT2D eigenvalue weighted by atomic mass is 16.3. The molecule has 0 aromatic heterocycles. The Kier molecular flexibility index (Phi) is 1.54. The summed E-state index contributed by atoms with van der Waals surface area (Å²) >= 11 is 0. The number of carbonyl (C=O) groups excluding carboxylic acids is 1. The van der Waals surface area contributed by atoms with E-state index >= 15 is 0 Å². The molecule has 0 aliphatic carbocycles. The van der Waals surface area contributed by atoms with Crippen molar-refractivity contribution >= 4 is 5.78 Å². The van der Waals surface area contributed by atoms with E-state index in [1.54, 1.807) is 0 Å². The number of carbonyl (C=O) groups is 1. The molecule has 1 N–H and O–H groups in total. The van der Waals surface area contributed by atoms with Gasteiger partial charge in [0.15, 0.2) is 5.78 Å². The lowest BCUT2D eigenvalue weighted by Gasteiger charge is -1.75. The quantitative estimate of drug-likeness (QED) is 0.472. The number of hydrogen-bond acceptors (Lipinski definition) is 2. The van der Waals surface area contributed by atoms with Gasteiger partial charge in [-0.3, -0.25) is 4.79 Å². The molecule has 34 valence electrons. The van der Waals surface area contributed by atoms with Crippen LogP contribution < -0.4 is 0 Å². The summed E-state index contributed by atoms with van der Waals surface area (Å²) < 4.78 is 6.48. The maximum Gasteiger partial charge on any atom is 0.180 e. The minimum atomic E-state index is -0.625. The van der Waals surface area contributed by atoms with Crippen molar-refractivity contribution in [3.63, 3.8) is 0 Å². The zero-order valence-corrected chi connectivity index (χ0v) is 3.27. The Morgan fingerprint density at radius 1 is 2.33 bits per heavy atom. The van der Waals surface area contributed by atoms with E-state index in [2.05, 4.69) is 6.58 Å². The SMILES string of the molecule is [3H]C(=C)C(=O)CO. The van der Waals surface area contributed by atoms with Crippen molar-refractivity contribution in [3.05, 3.63) is 12.6 Å². The van der Waals surface area contributed by atoms with Crippen LogP contribution in [0.25, 0.3) is 0 Å². The second kappa shape index (κ2) is 2.60. The number of ketones is 1. The van der Waals surface area contributed by atoms with Gasteiger partial charge in [-0.05, 0) is 6.05 Å². The van der Waals surface area contributed by atoms with Gasteiger partial charge in [0.25, 0.3) is 0 Å². The zero-order chi connectivity index (χ0) is 5.86. The average Bonchev–Trinajstić information content (AvgIpc) is 1.65. The van der Waals surface area contributed by atoms with E-state index in [1.165, 1.54) is 0 Å². The molecule has 0 rings (SSSR count). The fourth-order valence-electron chi connectivity index (χ4n) is 0.0559. The molecular weight excluding hydrogens is 80.0 g/mol. The Hall–Kier alpha value is -0.630. The summed E-state index contributed by atoms with van der Waals surface area (Å²) in [6.07, 6.45) is 0. The maximum absolute atomic E-state index is 9.97. The summed E-state index contributed by atoms with van der Waals surface area (Å²) in [6.45, 7) is 2.37. The van der Waals surface area contributed by atoms with Crippen molar-refractivity contribution in [2.24, 2.45) is 0 Å². The molecule has 2 heteroatoms. The lowest BCUT2D eigenvalue weighted by atomic mass is 10.4. The largest absolute Gasteiger partial charge is 0.388 e. The number of aliphatic hydroxyl groups is 1. The van der Waals surface area contributed by atoms with E-state index in [0.717, 1.165) is 0 Å². The van der Waals surface area contributed by atoms with Crippen molar-refractivity contribution in [2.45, 2.75) is 0 Å². The van der Waals surface area contributed by atoms with Crippen LogP contribution in [-0.4, -0.2) is 17.5 Å². The van der Waals surface area contributed by atoms with Gasteiger partial charge in [-0.2, -0.15) is 0 Å². The minimum absolute atomic E-state index is 0.345. The Morgan fingerprint density at radius 3 is 2.83 bits per heavy atom. The van der Waals surface area contributed by atoms with Gasteiger partial charge in [-0.15, -0.1) is 0 Å². The first kappa shape index (κ1) is 3.56. The topological polar surface area (TPSA) is 37.3 Å². The van der Waals surface area contributed by atoms with Gasteiger partial charge in [-0.25, -0.2) is 0 Å². The van der Waals surface area contributed by atoms with Crippen LogP contribution in [0.3, 0.4) is 0 Å². The molecule has 0 amide bonds. The van der Waals surface area contributed by atoms with Gasteiger partial charge in [0.05, 0.1) is 1.37 Å². The number of aliphatic hydroxyl groups excluding tert-OH is 1. The molecule has 0 aliphatic heterocycles. The summed E-state index contributed by atoms with van der Waals surface area (Å²) in [4.78, 5) is 9.97. The van der Waals surface area contributed by atoms with Gasteiger partial charge in [0, 0.05) is 0 Å². The van der Waals surface area contributed by atoms with E-state index in [4.69, 9.17) is 6.48 Å². The lowest BCUT2D eigenvalue weighted by molar-refractivity contribution is -0.117. The van der Waals surface area contributed by atoms with Crippen molar-refractivity contribution in [1.82, 2.24) is 0 Å². The number of hydrogen-bond donors (Lipinski definition) is 1. The molecule has 0 aromatic rings. The third-order valence-corrected chi connectivity index (χ3v) is 0.341. The van der Waals surface area contributed by atoms with Crippen molar-refractivity contribution < 1.29 is 11.3 Å². The first-order valence-corrected chi connectivity index (χ1v) is 1.48. The van der Waals surface area contributed by atoms with Gasteiger partial charge in [0.2, 0.25) is 0 Å². The summed E-state index contributed by atoms with van der Waals surface area (Å²) in [7, 11) is 0. The third kappa shape index (κ3) is 1.67. The van der Waals surface area contributed by atoms with E-state index < -0.39 is 12.4 Å². The van der Waals surface area contributed by atoms with E-state index in [9.17, 15) is 4.79 Å². The molecule has 0 spiro atoms. The highest BCUT2D eigenvalue weighted by Crippen LogP contribution is 1.64. The molecule has 0 saturated carbocycles. The molecule has 0 aliphatic rings. The first-order valence-electron chi connectivity index (χ1n) is 1.98. The predicted molar refractivity (Wildman–Crippen MR) is 22.3 cm³/mol. The van der Waals surface area contributed by atoms with Crippen LogP contribution in [0.2, 0.25) is 0 Å². The first-order chi connectivity index (χ1) is 3.18. The molecule has 0 bridgehead atoms. The highest BCUT2D eigenvalue weighted by Gasteiger charge is 1.83. The summed E-state index contributed by atoms with van der Waals surface area (Å²) in [5.74, 6) is -0.625. The third-order valence-electron chi connectivity index (χ3n) is 0.341. The molecule has 0 fully saturated rings. The Bertz CT molecular complexity index is 97.9. The van der Waals surface area contributed by atoms with E-state index in [0.29, 0.717) is 0 Å². The van der Waals surface area contributed by atoms with Gasteiger partial charge < -0.3 is 5.11 Å². The molecule has 0 aromatic carbocycles. The second-order valence-corrected chi connectivity index (χ2v) is 0.758. The smallest absolute Gasteiger partial charge is 0.180 e. The lowest BCUT2D eigenvalue weighted by Crippen LogP contribution is -1.96. The molecule has 6 heavy (non-hydrogen) atoms. The molecule has 0 radical (unpaired) electrons. The fourth-order valence-corrected chi connectivity index (χ4v) is 0.0559. The second-order valence-electron chi connectivity index (χ2n) is 0.758. The predicted octanol–water partition coefficient (Wildman–Crippen LogP) is -0.266. The standard InChI is InChI=1S/C4H6O2/c1-2-4(6)3-5/h2,5H,1,3H2/i2T. The Labute approximate surface area is 37.5 Å².